The quantitative estimate of drug-likeness (QED) is 0.814. The summed E-state index contributed by atoms with van der Waals surface area (Å²) in [4.78, 5) is 0. The first-order chi connectivity index (χ1) is 6.75. The number of hydrogen-bond acceptors (Lipinski definition) is 2. The average Bonchev–Trinajstić information content (AvgIpc) is 2.64. The summed E-state index contributed by atoms with van der Waals surface area (Å²) in [7, 11) is 0. The summed E-state index contributed by atoms with van der Waals surface area (Å²) in [5.74, 6) is 0.193. The second kappa shape index (κ2) is 4.28. The highest BCUT2D eigenvalue weighted by Crippen LogP contribution is 2.23. The molecule has 0 N–H and O–H groups in total. The predicted octanol–water partition coefficient (Wildman–Crippen LogP) is 3.10. The van der Waals surface area contributed by atoms with Gasteiger partial charge in [-0.1, -0.05) is 0 Å². The van der Waals surface area contributed by atoms with Crippen molar-refractivity contribution in [1.82, 2.24) is 0 Å². The van der Waals surface area contributed by atoms with Crippen LogP contribution in [0.1, 0.15) is 12.8 Å². The molecule has 2 nitrogen and oxygen atoms in total. The SMILES string of the molecule is Fc1cc(OC2CCCO2)ccc1Br. The Hall–Kier alpha value is -0.610. The summed E-state index contributed by atoms with van der Waals surface area (Å²) in [6.07, 6.45) is 1.66. The lowest BCUT2D eigenvalue weighted by atomic mass is 10.3. The van der Waals surface area contributed by atoms with Gasteiger partial charge in [-0.05, 0) is 34.5 Å². The first-order valence-electron chi connectivity index (χ1n) is 4.49. The van der Waals surface area contributed by atoms with Crippen molar-refractivity contribution in [3.05, 3.63) is 28.5 Å². The van der Waals surface area contributed by atoms with Crippen molar-refractivity contribution in [3.8, 4) is 5.75 Å². The van der Waals surface area contributed by atoms with Crippen molar-refractivity contribution in [3.63, 3.8) is 0 Å². The molecule has 1 fully saturated rings. The van der Waals surface area contributed by atoms with E-state index in [2.05, 4.69) is 15.9 Å². The number of rotatable bonds is 2. The van der Waals surface area contributed by atoms with E-state index >= 15 is 0 Å². The minimum Gasteiger partial charge on any atom is -0.465 e. The molecule has 1 heterocycles. The molecule has 0 radical (unpaired) electrons. The zero-order valence-electron chi connectivity index (χ0n) is 7.50. The molecule has 0 aromatic heterocycles. The molecular weight excluding hydrogens is 251 g/mol. The van der Waals surface area contributed by atoms with Crippen LogP contribution in [0.5, 0.6) is 5.75 Å². The van der Waals surface area contributed by atoms with Crippen molar-refractivity contribution in [1.29, 1.82) is 0 Å². The van der Waals surface area contributed by atoms with E-state index in [-0.39, 0.29) is 12.1 Å². The summed E-state index contributed by atoms with van der Waals surface area (Å²) in [6.45, 7) is 0.726. The Bertz CT molecular complexity index is 324. The third-order valence-corrected chi connectivity index (χ3v) is 2.69. The van der Waals surface area contributed by atoms with Gasteiger partial charge in [-0.3, -0.25) is 0 Å². The van der Waals surface area contributed by atoms with Crippen LogP contribution in [0.3, 0.4) is 0 Å². The van der Waals surface area contributed by atoms with E-state index in [0.717, 1.165) is 19.4 Å². The van der Waals surface area contributed by atoms with Crippen LogP contribution < -0.4 is 4.74 Å². The third-order valence-electron chi connectivity index (χ3n) is 2.05. The average molecular weight is 261 g/mol. The van der Waals surface area contributed by atoms with Crippen LogP contribution in [0.4, 0.5) is 4.39 Å². The molecule has 1 unspecified atom stereocenters. The summed E-state index contributed by atoms with van der Waals surface area (Å²) in [5.41, 5.74) is 0. The molecule has 1 aliphatic heterocycles. The molecule has 1 aliphatic rings. The second-order valence-electron chi connectivity index (χ2n) is 3.14. The normalized spacial score (nSPS) is 21.1. The Morgan fingerprint density at radius 1 is 1.50 bits per heavy atom. The van der Waals surface area contributed by atoms with E-state index in [1.165, 1.54) is 6.07 Å². The van der Waals surface area contributed by atoms with Gasteiger partial charge in [0.2, 0.25) is 0 Å². The fraction of sp³-hybridized carbons (Fsp3) is 0.400. The van der Waals surface area contributed by atoms with Crippen LogP contribution in [0.25, 0.3) is 0 Å². The molecule has 0 amide bonds. The fourth-order valence-electron chi connectivity index (χ4n) is 1.34. The third kappa shape index (κ3) is 2.25. The zero-order valence-corrected chi connectivity index (χ0v) is 9.09. The summed E-state index contributed by atoms with van der Waals surface area (Å²) < 4.78 is 24.2. The van der Waals surface area contributed by atoms with Crippen molar-refractivity contribution < 1.29 is 13.9 Å². The van der Waals surface area contributed by atoms with Crippen molar-refractivity contribution in [2.75, 3.05) is 6.61 Å². The maximum absolute atomic E-state index is 13.1. The summed E-state index contributed by atoms with van der Waals surface area (Å²) >= 11 is 3.08. The van der Waals surface area contributed by atoms with Crippen LogP contribution in [0.15, 0.2) is 22.7 Å². The summed E-state index contributed by atoms with van der Waals surface area (Å²) in [6, 6.07) is 4.69. The molecule has 1 aromatic carbocycles. The highest BCUT2D eigenvalue weighted by molar-refractivity contribution is 9.10. The van der Waals surface area contributed by atoms with E-state index in [1.54, 1.807) is 12.1 Å². The molecule has 1 atom stereocenters. The zero-order chi connectivity index (χ0) is 9.97. The van der Waals surface area contributed by atoms with Crippen molar-refractivity contribution in [2.45, 2.75) is 19.1 Å². The van der Waals surface area contributed by atoms with E-state index in [0.29, 0.717) is 10.2 Å². The van der Waals surface area contributed by atoms with E-state index < -0.39 is 0 Å². The van der Waals surface area contributed by atoms with Gasteiger partial charge in [0.1, 0.15) is 11.6 Å². The standard InChI is InChI=1S/C10H10BrFO2/c11-8-4-3-7(6-9(8)12)14-10-2-1-5-13-10/h3-4,6,10H,1-2,5H2. The largest absolute Gasteiger partial charge is 0.465 e. The van der Waals surface area contributed by atoms with Crippen LogP contribution in [-0.2, 0) is 4.74 Å². The number of halogens is 2. The molecule has 1 aromatic rings. The molecular formula is C10H10BrFO2. The molecule has 0 saturated carbocycles. The molecule has 0 aliphatic carbocycles. The van der Waals surface area contributed by atoms with E-state index in [1.807, 2.05) is 0 Å². The topological polar surface area (TPSA) is 18.5 Å². The van der Waals surface area contributed by atoms with Gasteiger partial charge in [0.15, 0.2) is 6.29 Å². The minimum atomic E-state index is -0.319. The van der Waals surface area contributed by atoms with Crippen molar-refractivity contribution in [2.24, 2.45) is 0 Å². The smallest absolute Gasteiger partial charge is 0.199 e. The number of benzene rings is 1. The van der Waals surface area contributed by atoms with Crippen LogP contribution in [-0.4, -0.2) is 12.9 Å². The maximum Gasteiger partial charge on any atom is 0.199 e. The summed E-state index contributed by atoms with van der Waals surface area (Å²) in [5, 5.41) is 0. The second-order valence-corrected chi connectivity index (χ2v) is 3.99. The van der Waals surface area contributed by atoms with Gasteiger partial charge in [-0.15, -0.1) is 0 Å². The lowest BCUT2D eigenvalue weighted by Gasteiger charge is -2.12. The van der Waals surface area contributed by atoms with E-state index in [4.69, 9.17) is 9.47 Å². The lowest BCUT2D eigenvalue weighted by Crippen LogP contribution is -2.13. The molecule has 0 spiro atoms. The minimum absolute atomic E-state index is 0.212. The van der Waals surface area contributed by atoms with Gasteiger partial charge >= 0.3 is 0 Å². The molecule has 4 heteroatoms. The van der Waals surface area contributed by atoms with Crippen LogP contribution in [0.2, 0.25) is 0 Å². The predicted molar refractivity (Wildman–Crippen MR) is 53.7 cm³/mol. The first-order valence-corrected chi connectivity index (χ1v) is 5.28. The maximum atomic E-state index is 13.1. The van der Waals surface area contributed by atoms with Gasteiger partial charge in [0.05, 0.1) is 11.1 Å². The molecule has 2 rings (SSSR count). The Morgan fingerprint density at radius 2 is 2.36 bits per heavy atom. The number of hydrogen-bond donors (Lipinski definition) is 0. The molecule has 1 saturated heterocycles. The van der Waals surface area contributed by atoms with Crippen molar-refractivity contribution >= 4 is 15.9 Å². The van der Waals surface area contributed by atoms with Crippen LogP contribution >= 0.6 is 15.9 Å². The van der Waals surface area contributed by atoms with Gasteiger partial charge < -0.3 is 9.47 Å². The van der Waals surface area contributed by atoms with Crippen LogP contribution in [0, 0.1) is 5.82 Å². The lowest BCUT2D eigenvalue weighted by molar-refractivity contribution is -0.0391. The Kier molecular flexibility index (Phi) is 3.03. The number of ether oxygens (including phenoxy) is 2. The molecule has 76 valence electrons. The molecule has 14 heavy (non-hydrogen) atoms. The fourth-order valence-corrected chi connectivity index (χ4v) is 1.59. The van der Waals surface area contributed by atoms with Gasteiger partial charge in [-0.25, -0.2) is 4.39 Å². The first kappa shape index (κ1) is 9.93. The highest BCUT2D eigenvalue weighted by Gasteiger charge is 2.17. The Balaban J connectivity index is 2.05. The van der Waals surface area contributed by atoms with Gasteiger partial charge in [0.25, 0.3) is 0 Å². The Labute approximate surface area is 90.1 Å². The van der Waals surface area contributed by atoms with E-state index in [9.17, 15) is 4.39 Å². The molecule has 0 bridgehead atoms. The highest BCUT2D eigenvalue weighted by atomic mass is 79.9. The van der Waals surface area contributed by atoms with Gasteiger partial charge in [-0.2, -0.15) is 0 Å². The van der Waals surface area contributed by atoms with Gasteiger partial charge in [0, 0.05) is 12.5 Å². The monoisotopic (exact) mass is 260 g/mol. The Morgan fingerprint density at radius 3 is 3.00 bits per heavy atom.